The van der Waals surface area contributed by atoms with E-state index in [9.17, 15) is 5.11 Å². The summed E-state index contributed by atoms with van der Waals surface area (Å²) in [5.74, 6) is 0. The Hall–Kier alpha value is -0.380. The van der Waals surface area contributed by atoms with Gasteiger partial charge in [0.25, 0.3) is 0 Å². The standard InChI is InChI=1S/C10H13BrO2/c1-7-2-4-8(5-3-7)10(13)9(11)6-12/h2-5,9-10,12-13H,6H2,1H3/t9-,10+/m1/s1. The first kappa shape index (κ1) is 10.7. The number of aliphatic hydroxyl groups excluding tert-OH is 2. The zero-order valence-electron chi connectivity index (χ0n) is 7.44. The topological polar surface area (TPSA) is 40.5 Å². The largest absolute Gasteiger partial charge is 0.395 e. The molecule has 0 saturated carbocycles. The molecule has 0 bridgehead atoms. The molecule has 0 aromatic heterocycles. The van der Waals surface area contributed by atoms with Crippen LogP contribution in [0.5, 0.6) is 0 Å². The minimum atomic E-state index is -0.648. The minimum absolute atomic E-state index is 0.0744. The summed E-state index contributed by atoms with van der Waals surface area (Å²) in [6.45, 7) is 1.92. The van der Waals surface area contributed by atoms with E-state index in [1.54, 1.807) is 0 Å². The Morgan fingerprint density at radius 2 is 1.85 bits per heavy atom. The van der Waals surface area contributed by atoms with Crippen molar-refractivity contribution in [2.75, 3.05) is 6.61 Å². The molecule has 3 heteroatoms. The summed E-state index contributed by atoms with van der Waals surface area (Å²) in [6.07, 6.45) is -0.648. The van der Waals surface area contributed by atoms with Crippen molar-refractivity contribution in [2.24, 2.45) is 0 Å². The highest BCUT2D eigenvalue weighted by Crippen LogP contribution is 2.22. The Morgan fingerprint density at radius 3 is 2.31 bits per heavy atom. The summed E-state index contributed by atoms with van der Waals surface area (Å²) in [4.78, 5) is -0.296. The molecule has 0 amide bonds. The zero-order valence-corrected chi connectivity index (χ0v) is 9.03. The number of benzene rings is 1. The van der Waals surface area contributed by atoms with Crippen LogP contribution in [0.2, 0.25) is 0 Å². The molecule has 0 aliphatic rings. The zero-order chi connectivity index (χ0) is 9.84. The van der Waals surface area contributed by atoms with Gasteiger partial charge >= 0.3 is 0 Å². The monoisotopic (exact) mass is 244 g/mol. The molecule has 0 unspecified atom stereocenters. The first-order valence-corrected chi connectivity index (χ1v) is 5.06. The Labute approximate surface area is 86.3 Å². The van der Waals surface area contributed by atoms with E-state index in [4.69, 9.17) is 5.11 Å². The second-order valence-corrected chi connectivity index (χ2v) is 4.23. The molecule has 0 fully saturated rings. The van der Waals surface area contributed by atoms with E-state index >= 15 is 0 Å². The van der Waals surface area contributed by atoms with Gasteiger partial charge in [0.1, 0.15) is 0 Å². The summed E-state index contributed by atoms with van der Waals surface area (Å²) in [5.41, 5.74) is 1.98. The average molecular weight is 245 g/mol. The van der Waals surface area contributed by atoms with Gasteiger partial charge in [0.2, 0.25) is 0 Å². The predicted molar refractivity (Wildman–Crippen MR) is 55.9 cm³/mol. The van der Waals surface area contributed by atoms with Crippen molar-refractivity contribution in [2.45, 2.75) is 17.9 Å². The van der Waals surface area contributed by atoms with E-state index < -0.39 is 6.10 Å². The van der Waals surface area contributed by atoms with Crippen molar-refractivity contribution in [1.82, 2.24) is 0 Å². The van der Waals surface area contributed by atoms with E-state index in [1.807, 2.05) is 31.2 Å². The molecule has 2 nitrogen and oxygen atoms in total. The van der Waals surface area contributed by atoms with Crippen LogP contribution in [-0.4, -0.2) is 21.6 Å². The van der Waals surface area contributed by atoms with Crippen molar-refractivity contribution >= 4 is 15.9 Å². The van der Waals surface area contributed by atoms with Crippen LogP contribution >= 0.6 is 15.9 Å². The third-order valence-corrected chi connectivity index (χ3v) is 2.73. The molecule has 0 spiro atoms. The molecule has 13 heavy (non-hydrogen) atoms. The van der Waals surface area contributed by atoms with E-state index in [0.717, 1.165) is 11.1 Å². The molecular formula is C10H13BrO2. The summed E-state index contributed by atoms with van der Waals surface area (Å²) < 4.78 is 0. The maximum atomic E-state index is 9.67. The van der Waals surface area contributed by atoms with Crippen LogP contribution in [0.1, 0.15) is 17.2 Å². The van der Waals surface area contributed by atoms with Gasteiger partial charge in [-0.3, -0.25) is 0 Å². The lowest BCUT2D eigenvalue weighted by Gasteiger charge is -2.15. The second-order valence-electron chi connectivity index (χ2n) is 3.05. The van der Waals surface area contributed by atoms with Gasteiger partial charge < -0.3 is 10.2 Å². The average Bonchev–Trinajstić information content (AvgIpc) is 2.17. The van der Waals surface area contributed by atoms with Gasteiger partial charge in [-0.25, -0.2) is 0 Å². The highest BCUT2D eigenvalue weighted by Gasteiger charge is 2.16. The second kappa shape index (κ2) is 4.74. The summed E-state index contributed by atoms with van der Waals surface area (Å²) in [6, 6.07) is 7.61. The SMILES string of the molecule is Cc1ccc([C@H](O)[C@H](Br)CO)cc1. The molecule has 2 N–H and O–H groups in total. The quantitative estimate of drug-likeness (QED) is 0.797. The van der Waals surface area contributed by atoms with Crippen LogP contribution in [0.4, 0.5) is 0 Å². The number of aliphatic hydroxyl groups is 2. The first-order chi connectivity index (χ1) is 6.15. The predicted octanol–water partition coefficient (Wildman–Crippen LogP) is 1.78. The molecule has 0 radical (unpaired) electrons. The van der Waals surface area contributed by atoms with E-state index in [1.165, 1.54) is 0 Å². The van der Waals surface area contributed by atoms with Crippen LogP contribution in [0.3, 0.4) is 0 Å². The third kappa shape index (κ3) is 2.79. The fourth-order valence-corrected chi connectivity index (χ4v) is 1.38. The number of hydrogen-bond acceptors (Lipinski definition) is 2. The molecule has 0 aliphatic carbocycles. The van der Waals surface area contributed by atoms with Gasteiger partial charge in [-0.05, 0) is 12.5 Å². The first-order valence-electron chi connectivity index (χ1n) is 4.14. The Kier molecular flexibility index (Phi) is 3.90. The maximum Gasteiger partial charge on any atom is 0.0937 e. The highest BCUT2D eigenvalue weighted by atomic mass is 79.9. The number of alkyl halides is 1. The molecule has 2 atom stereocenters. The molecule has 0 saturated heterocycles. The van der Waals surface area contributed by atoms with Crippen LogP contribution in [0, 0.1) is 6.92 Å². The van der Waals surface area contributed by atoms with E-state index in [2.05, 4.69) is 15.9 Å². The number of rotatable bonds is 3. The minimum Gasteiger partial charge on any atom is -0.395 e. The van der Waals surface area contributed by atoms with Crippen LogP contribution < -0.4 is 0 Å². The van der Waals surface area contributed by atoms with Gasteiger partial charge in [0.05, 0.1) is 17.5 Å². The molecule has 1 rings (SSSR count). The van der Waals surface area contributed by atoms with Crippen molar-refractivity contribution < 1.29 is 10.2 Å². The lowest BCUT2D eigenvalue weighted by molar-refractivity contribution is 0.144. The van der Waals surface area contributed by atoms with Crippen LogP contribution in [0.15, 0.2) is 24.3 Å². The van der Waals surface area contributed by atoms with Crippen LogP contribution in [-0.2, 0) is 0 Å². The fraction of sp³-hybridized carbons (Fsp3) is 0.400. The van der Waals surface area contributed by atoms with Gasteiger partial charge in [-0.15, -0.1) is 0 Å². The number of hydrogen-bond donors (Lipinski definition) is 2. The van der Waals surface area contributed by atoms with Gasteiger partial charge in [0.15, 0.2) is 0 Å². The summed E-state index contributed by atoms with van der Waals surface area (Å²) in [7, 11) is 0. The maximum absolute atomic E-state index is 9.67. The van der Waals surface area contributed by atoms with Gasteiger partial charge in [-0.1, -0.05) is 45.8 Å². The molecule has 1 aromatic carbocycles. The van der Waals surface area contributed by atoms with E-state index in [0.29, 0.717) is 0 Å². The molecule has 1 aromatic rings. The smallest absolute Gasteiger partial charge is 0.0937 e. The van der Waals surface area contributed by atoms with Crippen molar-refractivity contribution in [1.29, 1.82) is 0 Å². The summed E-state index contributed by atoms with van der Waals surface area (Å²) >= 11 is 3.20. The summed E-state index contributed by atoms with van der Waals surface area (Å²) in [5, 5.41) is 18.5. The Bertz CT molecular complexity index is 258. The van der Waals surface area contributed by atoms with Crippen molar-refractivity contribution in [3.05, 3.63) is 35.4 Å². The lowest BCUT2D eigenvalue weighted by Crippen LogP contribution is -2.15. The fourth-order valence-electron chi connectivity index (χ4n) is 1.07. The molecule has 0 aliphatic heterocycles. The number of aryl methyl sites for hydroxylation is 1. The Morgan fingerprint density at radius 1 is 1.31 bits per heavy atom. The van der Waals surface area contributed by atoms with E-state index in [-0.39, 0.29) is 11.4 Å². The highest BCUT2D eigenvalue weighted by molar-refractivity contribution is 9.09. The number of halogens is 1. The molecule has 0 heterocycles. The van der Waals surface area contributed by atoms with Crippen molar-refractivity contribution in [3.8, 4) is 0 Å². The van der Waals surface area contributed by atoms with Gasteiger partial charge in [0, 0.05) is 0 Å². The lowest BCUT2D eigenvalue weighted by atomic mass is 10.1. The molecular weight excluding hydrogens is 232 g/mol. The van der Waals surface area contributed by atoms with Crippen LogP contribution in [0.25, 0.3) is 0 Å². The van der Waals surface area contributed by atoms with Crippen molar-refractivity contribution in [3.63, 3.8) is 0 Å². The molecule has 72 valence electrons. The normalized spacial score (nSPS) is 15.4. The Balaban J connectivity index is 2.77. The third-order valence-electron chi connectivity index (χ3n) is 1.94. The van der Waals surface area contributed by atoms with Gasteiger partial charge in [-0.2, -0.15) is 0 Å².